The maximum Gasteiger partial charge on any atom is 0.243 e. The Morgan fingerprint density at radius 1 is 0.967 bits per heavy atom. The van der Waals surface area contributed by atoms with Gasteiger partial charge >= 0.3 is 0 Å². The van der Waals surface area contributed by atoms with Crippen molar-refractivity contribution < 1.29 is 17.2 Å². The van der Waals surface area contributed by atoms with Crippen molar-refractivity contribution >= 4 is 16.1 Å². The lowest BCUT2D eigenvalue weighted by Crippen LogP contribution is -2.42. The molecule has 1 aliphatic carbocycles. The summed E-state index contributed by atoms with van der Waals surface area (Å²) >= 11 is 0. The van der Waals surface area contributed by atoms with Gasteiger partial charge in [0.25, 0.3) is 0 Å². The second kappa shape index (κ2) is 7.14. The molecule has 0 spiro atoms. The number of fused-ring (bicyclic) bond motifs is 2. The van der Waals surface area contributed by atoms with E-state index in [1.54, 1.807) is 23.0 Å². The van der Waals surface area contributed by atoms with E-state index < -0.39 is 15.8 Å². The van der Waals surface area contributed by atoms with E-state index >= 15 is 0 Å². The molecule has 1 saturated heterocycles. The van der Waals surface area contributed by atoms with E-state index in [0.717, 1.165) is 16.9 Å². The van der Waals surface area contributed by atoms with E-state index in [0.29, 0.717) is 25.9 Å². The summed E-state index contributed by atoms with van der Waals surface area (Å²) in [4.78, 5) is 0.108. The average Bonchev–Trinajstić information content (AvgIpc) is 3.15. The standard InChI is InChI=1S/C22H19F2N3O2S/c23-18-1-5-20(6-2-18)27-22-12-15-9-10-26(14-17(15)11-16(22)13-25-27)30(28,29)21-7-3-19(24)4-8-21/h1-8,12-13,17H,9-11,14H2. The van der Waals surface area contributed by atoms with E-state index in [-0.39, 0.29) is 16.6 Å². The van der Waals surface area contributed by atoms with Crippen LogP contribution in [-0.2, 0) is 16.4 Å². The van der Waals surface area contributed by atoms with Gasteiger partial charge in [-0.25, -0.2) is 21.9 Å². The third-order valence-corrected chi connectivity index (χ3v) is 7.67. The van der Waals surface area contributed by atoms with Crippen LogP contribution in [-0.4, -0.2) is 35.6 Å². The fourth-order valence-electron chi connectivity index (χ4n) is 4.20. The number of rotatable bonds is 3. The van der Waals surface area contributed by atoms with Crippen LogP contribution in [0.5, 0.6) is 0 Å². The van der Waals surface area contributed by atoms with Gasteiger partial charge in [-0.05, 0) is 78.9 Å². The Morgan fingerprint density at radius 3 is 2.33 bits per heavy atom. The van der Waals surface area contributed by atoms with Crippen molar-refractivity contribution in [3.63, 3.8) is 0 Å². The molecule has 0 saturated carbocycles. The molecule has 0 amide bonds. The first-order valence-electron chi connectivity index (χ1n) is 9.71. The molecular weight excluding hydrogens is 408 g/mol. The van der Waals surface area contributed by atoms with Crippen molar-refractivity contribution in [1.29, 1.82) is 0 Å². The summed E-state index contributed by atoms with van der Waals surface area (Å²) in [5, 5.41) is 4.46. The van der Waals surface area contributed by atoms with E-state index in [9.17, 15) is 17.2 Å². The van der Waals surface area contributed by atoms with Gasteiger partial charge in [0, 0.05) is 13.1 Å². The Kier molecular flexibility index (Phi) is 4.56. The first-order valence-corrected chi connectivity index (χ1v) is 11.1. The summed E-state index contributed by atoms with van der Waals surface area (Å²) in [7, 11) is -3.67. The number of sulfonamides is 1. The second-order valence-corrected chi connectivity index (χ2v) is 9.57. The molecule has 5 nitrogen and oxygen atoms in total. The molecule has 1 fully saturated rings. The number of hydrogen-bond donors (Lipinski definition) is 0. The van der Waals surface area contributed by atoms with Crippen LogP contribution in [0.2, 0.25) is 0 Å². The van der Waals surface area contributed by atoms with Gasteiger partial charge in [-0.15, -0.1) is 0 Å². The molecule has 1 aromatic heterocycles. The van der Waals surface area contributed by atoms with Crippen LogP contribution in [0.15, 0.2) is 65.2 Å². The smallest absolute Gasteiger partial charge is 0.233 e. The maximum atomic E-state index is 13.3. The Bertz CT molecular complexity index is 1230. The molecule has 30 heavy (non-hydrogen) atoms. The number of hydrogen-bond acceptors (Lipinski definition) is 3. The van der Waals surface area contributed by atoms with Gasteiger partial charge in [-0.2, -0.15) is 9.40 Å². The van der Waals surface area contributed by atoms with Crippen LogP contribution in [0.3, 0.4) is 0 Å². The minimum Gasteiger partial charge on any atom is -0.233 e. The number of halogens is 2. The highest BCUT2D eigenvalue weighted by Crippen LogP contribution is 2.36. The molecule has 0 bridgehead atoms. The normalized spacial score (nSPS) is 19.1. The lowest BCUT2D eigenvalue weighted by atomic mass is 9.83. The van der Waals surface area contributed by atoms with Gasteiger partial charge in [-0.1, -0.05) is 5.57 Å². The minimum atomic E-state index is -3.67. The summed E-state index contributed by atoms with van der Waals surface area (Å²) in [6, 6.07) is 11.1. The summed E-state index contributed by atoms with van der Waals surface area (Å²) < 4.78 is 55.7. The predicted octanol–water partition coefficient (Wildman–Crippen LogP) is 3.80. The van der Waals surface area contributed by atoms with Gasteiger partial charge in [0.1, 0.15) is 11.6 Å². The number of piperidine rings is 1. The molecule has 8 heteroatoms. The molecule has 2 aromatic carbocycles. The van der Waals surface area contributed by atoms with Crippen LogP contribution in [0, 0.1) is 17.6 Å². The van der Waals surface area contributed by atoms with Crippen molar-refractivity contribution in [3.05, 3.63) is 83.2 Å². The Morgan fingerprint density at radius 2 is 1.63 bits per heavy atom. The van der Waals surface area contributed by atoms with Crippen LogP contribution < -0.4 is 0 Å². The third kappa shape index (κ3) is 3.26. The molecule has 0 radical (unpaired) electrons. The number of aromatic nitrogens is 2. The van der Waals surface area contributed by atoms with Crippen molar-refractivity contribution in [3.8, 4) is 5.69 Å². The van der Waals surface area contributed by atoms with E-state index in [1.165, 1.54) is 46.3 Å². The first-order chi connectivity index (χ1) is 14.4. The highest BCUT2D eigenvalue weighted by Gasteiger charge is 2.35. The summed E-state index contributed by atoms with van der Waals surface area (Å²) in [5.74, 6) is -0.684. The first kappa shape index (κ1) is 19.1. The lowest BCUT2D eigenvalue weighted by Gasteiger charge is -2.36. The zero-order valence-corrected chi connectivity index (χ0v) is 16.8. The van der Waals surface area contributed by atoms with Crippen LogP contribution >= 0.6 is 0 Å². The monoisotopic (exact) mass is 427 g/mol. The molecule has 2 aliphatic rings. The van der Waals surface area contributed by atoms with Gasteiger partial charge in [0.15, 0.2) is 0 Å². The largest absolute Gasteiger partial charge is 0.243 e. The number of benzene rings is 2. The fraction of sp³-hybridized carbons (Fsp3) is 0.227. The second-order valence-electron chi connectivity index (χ2n) is 7.63. The van der Waals surface area contributed by atoms with E-state index in [1.807, 2.05) is 0 Å². The molecule has 0 N–H and O–H groups in total. The molecule has 1 aliphatic heterocycles. The zero-order valence-electron chi connectivity index (χ0n) is 16.0. The third-order valence-electron chi connectivity index (χ3n) is 5.80. The molecule has 154 valence electrons. The molecule has 1 unspecified atom stereocenters. The minimum absolute atomic E-state index is 0.0762. The fourth-order valence-corrected chi connectivity index (χ4v) is 5.69. The van der Waals surface area contributed by atoms with Gasteiger partial charge in [-0.3, -0.25) is 0 Å². The van der Waals surface area contributed by atoms with Crippen molar-refractivity contribution in [2.75, 3.05) is 13.1 Å². The van der Waals surface area contributed by atoms with Crippen molar-refractivity contribution in [2.24, 2.45) is 5.92 Å². The van der Waals surface area contributed by atoms with E-state index in [2.05, 4.69) is 11.2 Å². The average molecular weight is 427 g/mol. The molecule has 3 aromatic rings. The highest BCUT2D eigenvalue weighted by molar-refractivity contribution is 7.89. The van der Waals surface area contributed by atoms with Gasteiger partial charge < -0.3 is 0 Å². The lowest BCUT2D eigenvalue weighted by molar-refractivity contribution is 0.322. The molecular formula is C22H19F2N3O2S. The molecule has 5 rings (SSSR count). The summed E-state index contributed by atoms with van der Waals surface area (Å²) in [6.07, 6.45) is 5.19. The van der Waals surface area contributed by atoms with E-state index in [4.69, 9.17) is 0 Å². The molecule has 1 atom stereocenters. The van der Waals surface area contributed by atoms with Gasteiger partial charge in [0.05, 0.1) is 22.5 Å². The Balaban J connectivity index is 1.41. The van der Waals surface area contributed by atoms with Crippen LogP contribution in [0.1, 0.15) is 17.7 Å². The Labute approximate surface area is 173 Å². The quantitative estimate of drug-likeness (QED) is 0.639. The van der Waals surface area contributed by atoms with Crippen LogP contribution in [0.25, 0.3) is 11.8 Å². The van der Waals surface area contributed by atoms with Crippen molar-refractivity contribution in [2.45, 2.75) is 17.7 Å². The highest BCUT2D eigenvalue weighted by atomic mass is 32.2. The number of nitrogens with zero attached hydrogens (tertiary/aromatic N) is 3. The van der Waals surface area contributed by atoms with Gasteiger partial charge in [0.2, 0.25) is 10.0 Å². The molecule has 2 heterocycles. The summed E-state index contributed by atoms with van der Waals surface area (Å²) in [5.41, 5.74) is 3.97. The predicted molar refractivity (Wildman–Crippen MR) is 108 cm³/mol. The maximum absolute atomic E-state index is 13.3. The topological polar surface area (TPSA) is 55.2 Å². The van der Waals surface area contributed by atoms with Crippen molar-refractivity contribution in [1.82, 2.24) is 14.1 Å². The van der Waals surface area contributed by atoms with Crippen LogP contribution in [0.4, 0.5) is 8.78 Å². The SMILES string of the molecule is O=S(=O)(c1ccc(F)cc1)N1CCC2=Cc3c(cnn3-c3ccc(F)cc3)CC2C1. The zero-order chi connectivity index (χ0) is 20.9. The summed E-state index contributed by atoms with van der Waals surface area (Å²) in [6.45, 7) is 0.759. The Hall–Kier alpha value is -2.84.